The molecule has 2 aromatic carbocycles. The summed E-state index contributed by atoms with van der Waals surface area (Å²) < 4.78 is 10.1. The van der Waals surface area contributed by atoms with Gasteiger partial charge in [-0.05, 0) is 18.6 Å². The molecule has 160 valence electrons. The van der Waals surface area contributed by atoms with Crippen LogP contribution in [0.15, 0.2) is 70.2 Å². The molecule has 3 aromatic rings. The number of ketones is 1. The largest absolute Gasteiger partial charge is 0.465 e. The topological polar surface area (TPSA) is 120 Å². The van der Waals surface area contributed by atoms with Crippen LogP contribution in [0.25, 0.3) is 0 Å². The predicted octanol–water partition coefficient (Wildman–Crippen LogP) is 3.35. The molecule has 31 heavy (non-hydrogen) atoms. The first kappa shape index (κ1) is 21.8. The molecule has 8 heteroatoms. The number of ether oxygens (including phenoxy) is 1. The number of nitrogens with one attached hydrogen (secondary N) is 1. The van der Waals surface area contributed by atoms with Gasteiger partial charge in [-0.25, -0.2) is 4.99 Å². The zero-order valence-corrected chi connectivity index (χ0v) is 17.4. The SMILES string of the molecule is CCOC(=O)CN=C(N)Nc1cc(C(C)c2cccc(C(=O)c3ccccc3)c2)no1. The molecule has 0 saturated carbocycles. The van der Waals surface area contributed by atoms with Crippen molar-refractivity contribution in [3.8, 4) is 0 Å². The molecular weight excluding hydrogens is 396 g/mol. The minimum atomic E-state index is -0.468. The maximum atomic E-state index is 12.7. The number of guanidine groups is 1. The summed E-state index contributed by atoms with van der Waals surface area (Å²) in [4.78, 5) is 28.0. The van der Waals surface area contributed by atoms with E-state index in [1.54, 1.807) is 31.2 Å². The van der Waals surface area contributed by atoms with Gasteiger partial charge in [0.2, 0.25) is 5.88 Å². The van der Waals surface area contributed by atoms with Gasteiger partial charge in [0.05, 0.1) is 12.3 Å². The molecule has 3 rings (SSSR count). The van der Waals surface area contributed by atoms with Gasteiger partial charge in [0.1, 0.15) is 6.54 Å². The first-order valence-electron chi connectivity index (χ1n) is 9.86. The normalized spacial score (nSPS) is 12.3. The van der Waals surface area contributed by atoms with Crippen LogP contribution >= 0.6 is 0 Å². The fraction of sp³-hybridized carbons (Fsp3) is 0.217. The Morgan fingerprint density at radius 1 is 1.13 bits per heavy atom. The van der Waals surface area contributed by atoms with Gasteiger partial charge < -0.3 is 15.0 Å². The van der Waals surface area contributed by atoms with E-state index in [2.05, 4.69) is 15.5 Å². The second-order valence-electron chi connectivity index (χ2n) is 6.79. The fourth-order valence-electron chi connectivity index (χ4n) is 2.95. The molecule has 1 heterocycles. The molecule has 1 atom stereocenters. The van der Waals surface area contributed by atoms with Crippen LogP contribution in [0.2, 0.25) is 0 Å². The van der Waals surface area contributed by atoms with Crippen molar-refractivity contribution >= 4 is 23.6 Å². The number of carbonyl (C=O) groups excluding carboxylic acids is 2. The van der Waals surface area contributed by atoms with Gasteiger partial charge in [-0.15, -0.1) is 0 Å². The Labute approximate surface area is 180 Å². The Morgan fingerprint density at radius 2 is 1.87 bits per heavy atom. The van der Waals surface area contributed by atoms with E-state index in [-0.39, 0.29) is 30.8 Å². The van der Waals surface area contributed by atoms with Crippen LogP contribution in [0.5, 0.6) is 0 Å². The van der Waals surface area contributed by atoms with E-state index >= 15 is 0 Å². The molecule has 0 bridgehead atoms. The molecule has 8 nitrogen and oxygen atoms in total. The quantitative estimate of drug-likeness (QED) is 0.248. The van der Waals surface area contributed by atoms with Crippen molar-refractivity contribution < 1.29 is 18.8 Å². The Hall–Kier alpha value is -3.94. The van der Waals surface area contributed by atoms with E-state index < -0.39 is 5.97 Å². The highest BCUT2D eigenvalue weighted by Gasteiger charge is 2.17. The van der Waals surface area contributed by atoms with Gasteiger partial charge in [0.25, 0.3) is 0 Å². The summed E-state index contributed by atoms with van der Waals surface area (Å²) in [5, 5.41) is 6.83. The number of aromatic nitrogens is 1. The van der Waals surface area contributed by atoms with E-state index in [0.29, 0.717) is 22.7 Å². The van der Waals surface area contributed by atoms with Crippen molar-refractivity contribution in [1.82, 2.24) is 5.16 Å². The van der Waals surface area contributed by atoms with Crippen molar-refractivity contribution in [1.29, 1.82) is 0 Å². The van der Waals surface area contributed by atoms with Crippen molar-refractivity contribution in [2.24, 2.45) is 10.7 Å². The van der Waals surface area contributed by atoms with Gasteiger partial charge in [-0.2, -0.15) is 0 Å². The van der Waals surface area contributed by atoms with Crippen molar-refractivity contribution in [3.63, 3.8) is 0 Å². The van der Waals surface area contributed by atoms with Crippen LogP contribution in [0, 0.1) is 0 Å². The molecule has 0 saturated heterocycles. The smallest absolute Gasteiger partial charge is 0.327 e. The average molecular weight is 420 g/mol. The Balaban J connectivity index is 1.69. The monoisotopic (exact) mass is 420 g/mol. The van der Waals surface area contributed by atoms with Gasteiger partial charge in [-0.3, -0.25) is 14.9 Å². The molecule has 1 aromatic heterocycles. The number of rotatable bonds is 8. The van der Waals surface area contributed by atoms with Crippen LogP contribution in [0.4, 0.5) is 5.88 Å². The third-order valence-corrected chi connectivity index (χ3v) is 4.59. The van der Waals surface area contributed by atoms with Crippen LogP contribution in [0.3, 0.4) is 0 Å². The summed E-state index contributed by atoms with van der Waals surface area (Å²) in [7, 11) is 0. The average Bonchev–Trinajstić information content (AvgIpc) is 3.26. The molecule has 0 aliphatic heterocycles. The Morgan fingerprint density at radius 3 is 2.61 bits per heavy atom. The highest BCUT2D eigenvalue weighted by molar-refractivity contribution is 6.09. The zero-order chi connectivity index (χ0) is 22.2. The maximum Gasteiger partial charge on any atom is 0.327 e. The van der Waals surface area contributed by atoms with Gasteiger partial charge >= 0.3 is 5.97 Å². The molecule has 0 amide bonds. The van der Waals surface area contributed by atoms with E-state index in [9.17, 15) is 9.59 Å². The number of nitrogens with two attached hydrogens (primary N) is 1. The summed E-state index contributed by atoms with van der Waals surface area (Å²) in [5.74, 6) is -0.324. The molecule has 0 radical (unpaired) electrons. The van der Waals surface area contributed by atoms with Gasteiger partial charge in [0, 0.05) is 23.1 Å². The van der Waals surface area contributed by atoms with Crippen LogP contribution < -0.4 is 11.1 Å². The summed E-state index contributed by atoms with van der Waals surface area (Å²) in [6.45, 7) is 3.77. The molecule has 1 unspecified atom stereocenters. The molecule has 0 aliphatic carbocycles. The summed E-state index contributed by atoms with van der Waals surface area (Å²) in [5.41, 5.74) is 8.58. The molecule has 0 fully saturated rings. The van der Waals surface area contributed by atoms with Gasteiger partial charge in [0.15, 0.2) is 11.7 Å². The lowest BCUT2D eigenvalue weighted by Gasteiger charge is -2.10. The number of anilines is 1. The van der Waals surface area contributed by atoms with Gasteiger partial charge in [-0.1, -0.05) is 60.6 Å². The highest BCUT2D eigenvalue weighted by atomic mass is 16.5. The zero-order valence-electron chi connectivity index (χ0n) is 17.4. The number of esters is 1. The lowest BCUT2D eigenvalue weighted by atomic mass is 9.94. The van der Waals surface area contributed by atoms with Crippen molar-refractivity contribution in [3.05, 3.63) is 83.0 Å². The second kappa shape index (κ2) is 10.2. The van der Waals surface area contributed by atoms with Crippen LogP contribution in [-0.2, 0) is 9.53 Å². The van der Waals surface area contributed by atoms with Crippen LogP contribution in [-0.4, -0.2) is 36.0 Å². The number of carbonyl (C=O) groups is 2. The Kier molecular flexibility index (Phi) is 7.16. The maximum absolute atomic E-state index is 12.7. The number of nitrogens with zero attached hydrogens (tertiary/aromatic N) is 2. The van der Waals surface area contributed by atoms with Crippen molar-refractivity contribution in [2.75, 3.05) is 18.5 Å². The second-order valence-corrected chi connectivity index (χ2v) is 6.79. The van der Waals surface area contributed by atoms with E-state index in [1.165, 1.54) is 0 Å². The van der Waals surface area contributed by atoms with Crippen molar-refractivity contribution in [2.45, 2.75) is 19.8 Å². The number of hydrogen-bond acceptors (Lipinski definition) is 6. The standard InChI is InChI=1S/C23H24N4O4/c1-3-30-21(28)14-25-23(24)26-20-13-19(27-31-20)15(2)17-10-7-11-18(12-17)22(29)16-8-5-4-6-9-16/h4-13,15H,3,14H2,1-2H3,(H3,24,25,26). The first-order valence-corrected chi connectivity index (χ1v) is 9.86. The van der Waals surface area contributed by atoms with E-state index in [4.69, 9.17) is 15.0 Å². The lowest BCUT2D eigenvalue weighted by Crippen LogP contribution is -2.24. The third kappa shape index (κ3) is 5.79. The van der Waals surface area contributed by atoms with Crippen LogP contribution in [0.1, 0.15) is 46.9 Å². The third-order valence-electron chi connectivity index (χ3n) is 4.59. The Bertz CT molecular complexity index is 1080. The molecule has 0 spiro atoms. The highest BCUT2D eigenvalue weighted by Crippen LogP contribution is 2.26. The number of hydrogen-bond donors (Lipinski definition) is 2. The number of aliphatic imine (C=N–C) groups is 1. The van der Waals surface area contributed by atoms with E-state index in [1.807, 2.05) is 43.3 Å². The first-order chi connectivity index (χ1) is 15.0. The fourth-order valence-corrected chi connectivity index (χ4v) is 2.95. The summed E-state index contributed by atoms with van der Waals surface area (Å²) in [6.07, 6.45) is 0. The molecular formula is C23H24N4O4. The number of benzene rings is 2. The van der Waals surface area contributed by atoms with E-state index in [0.717, 1.165) is 5.56 Å². The lowest BCUT2D eigenvalue weighted by molar-refractivity contribution is -0.141. The minimum absolute atomic E-state index is 0.0128. The predicted molar refractivity (Wildman–Crippen MR) is 117 cm³/mol. The summed E-state index contributed by atoms with van der Waals surface area (Å²) >= 11 is 0. The molecule has 3 N–H and O–H groups in total. The summed E-state index contributed by atoms with van der Waals surface area (Å²) in [6, 6.07) is 18.3. The minimum Gasteiger partial charge on any atom is -0.465 e. The molecule has 0 aliphatic rings.